The molecule has 0 aliphatic heterocycles. The first-order valence-electron chi connectivity index (χ1n) is 8.52. The summed E-state index contributed by atoms with van der Waals surface area (Å²) in [4.78, 5) is 18.3. The summed E-state index contributed by atoms with van der Waals surface area (Å²) in [5, 5.41) is 7.51. The summed E-state index contributed by atoms with van der Waals surface area (Å²) >= 11 is 9.47. The molecule has 146 valence electrons. The molecule has 7 nitrogen and oxygen atoms in total. The molecule has 1 heterocycles. The van der Waals surface area contributed by atoms with E-state index in [9.17, 15) is 4.79 Å². The zero-order valence-corrected chi connectivity index (χ0v) is 17.5. The Morgan fingerprint density at radius 2 is 2.07 bits per heavy atom. The molecular weight excluding hydrogens is 446 g/mol. The molecule has 0 saturated heterocycles. The molecule has 1 amide bonds. The Morgan fingerprint density at radius 3 is 2.79 bits per heavy atom. The van der Waals surface area contributed by atoms with Crippen molar-refractivity contribution in [1.29, 1.82) is 0 Å². The SMILES string of the molecule is CN(CCOc1ccc(Br)cc1)CC(=O)Nc1cc(Cl)ccc1-n1cncn1. The summed E-state index contributed by atoms with van der Waals surface area (Å²) in [6.45, 7) is 1.30. The monoisotopic (exact) mass is 463 g/mol. The van der Waals surface area contributed by atoms with Crippen molar-refractivity contribution in [2.45, 2.75) is 0 Å². The standard InChI is InChI=1S/C19H19BrClN5O2/c1-25(8-9-28-16-5-2-14(20)3-6-16)11-19(27)24-17-10-15(21)4-7-18(17)26-13-22-12-23-26/h2-7,10,12-13H,8-9,11H2,1H3,(H,24,27). The molecule has 1 aromatic heterocycles. The van der Waals surface area contributed by atoms with Gasteiger partial charge in [0.25, 0.3) is 0 Å². The maximum Gasteiger partial charge on any atom is 0.238 e. The number of hydrogen-bond donors (Lipinski definition) is 1. The number of ether oxygens (including phenoxy) is 1. The molecule has 2 aromatic carbocycles. The van der Waals surface area contributed by atoms with Crippen LogP contribution in [0, 0.1) is 0 Å². The first-order valence-corrected chi connectivity index (χ1v) is 9.69. The van der Waals surface area contributed by atoms with Gasteiger partial charge in [-0.2, -0.15) is 5.10 Å². The fourth-order valence-corrected chi connectivity index (χ4v) is 2.94. The van der Waals surface area contributed by atoms with E-state index in [4.69, 9.17) is 16.3 Å². The zero-order chi connectivity index (χ0) is 19.9. The molecule has 0 unspecified atom stereocenters. The van der Waals surface area contributed by atoms with Crippen molar-refractivity contribution >= 4 is 39.1 Å². The van der Waals surface area contributed by atoms with Gasteiger partial charge in [0.1, 0.15) is 25.0 Å². The summed E-state index contributed by atoms with van der Waals surface area (Å²) in [7, 11) is 1.86. The molecule has 0 spiro atoms. The minimum atomic E-state index is -0.158. The minimum Gasteiger partial charge on any atom is -0.492 e. The maximum absolute atomic E-state index is 12.4. The number of nitrogens with zero attached hydrogens (tertiary/aromatic N) is 4. The van der Waals surface area contributed by atoms with Crippen LogP contribution in [-0.2, 0) is 4.79 Å². The third-order valence-electron chi connectivity index (χ3n) is 3.87. The molecule has 3 aromatic rings. The second-order valence-corrected chi connectivity index (χ2v) is 7.44. The van der Waals surface area contributed by atoms with Crippen LogP contribution in [0.4, 0.5) is 5.69 Å². The topological polar surface area (TPSA) is 72.3 Å². The lowest BCUT2D eigenvalue weighted by Crippen LogP contribution is -2.33. The molecule has 0 aliphatic rings. The van der Waals surface area contributed by atoms with E-state index in [-0.39, 0.29) is 12.5 Å². The largest absolute Gasteiger partial charge is 0.492 e. The fourth-order valence-electron chi connectivity index (χ4n) is 2.50. The third kappa shape index (κ3) is 5.79. The minimum absolute atomic E-state index is 0.158. The van der Waals surface area contributed by atoms with Crippen molar-refractivity contribution in [2.24, 2.45) is 0 Å². The summed E-state index contributed by atoms with van der Waals surface area (Å²) in [5.74, 6) is 0.632. The van der Waals surface area contributed by atoms with E-state index in [1.165, 1.54) is 6.33 Å². The predicted octanol–water partition coefficient (Wildman–Crippen LogP) is 3.63. The number of carbonyl (C=O) groups is 1. The Labute approximate surface area is 176 Å². The van der Waals surface area contributed by atoms with E-state index >= 15 is 0 Å². The molecule has 9 heteroatoms. The van der Waals surface area contributed by atoms with Crippen LogP contribution in [0.3, 0.4) is 0 Å². The highest BCUT2D eigenvalue weighted by Gasteiger charge is 2.12. The third-order valence-corrected chi connectivity index (χ3v) is 4.63. The van der Waals surface area contributed by atoms with Gasteiger partial charge < -0.3 is 10.1 Å². The van der Waals surface area contributed by atoms with Gasteiger partial charge >= 0.3 is 0 Å². The first kappa shape index (κ1) is 20.3. The second kappa shape index (κ2) is 9.68. The fraction of sp³-hybridized carbons (Fsp3) is 0.211. The van der Waals surface area contributed by atoms with Gasteiger partial charge in [-0.25, -0.2) is 9.67 Å². The smallest absolute Gasteiger partial charge is 0.238 e. The van der Waals surface area contributed by atoms with Crippen molar-refractivity contribution < 1.29 is 9.53 Å². The summed E-state index contributed by atoms with van der Waals surface area (Å²) in [5.41, 5.74) is 1.26. The highest BCUT2D eigenvalue weighted by Crippen LogP contribution is 2.24. The number of amides is 1. The van der Waals surface area contributed by atoms with Gasteiger partial charge in [0.15, 0.2) is 0 Å². The number of rotatable bonds is 8. The number of nitrogens with one attached hydrogen (secondary N) is 1. The lowest BCUT2D eigenvalue weighted by Gasteiger charge is -2.17. The predicted molar refractivity (Wildman–Crippen MR) is 112 cm³/mol. The Balaban J connectivity index is 1.52. The molecule has 0 saturated carbocycles. The van der Waals surface area contributed by atoms with Crippen molar-refractivity contribution in [3.63, 3.8) is 0 Å². The Morgan fingerprint density at radius 1 is 1.29 bits per heavy atom. The van der Waals surface area contributed by atoms with Crippen LogP contribution in [0.15, 0.2) is 59.6 Å². The molecule has 0 aliphatic carbocycles. The molecule has 28 heavy (non-hydrogen) atoms. The summed E-state index contributed by atoms with van der Waals surface area (Å²) in [6.07, 6.45) is 2.99. The molecule has 3 rings (SSSR count). The highest BCUT2D eigenvalue weighted by atomic mass is 79.9. The van der Waals surface area contributed by atoms with Gasteiger partial charge in [0, 0.05) is 16.0 Å². The van der Waals surface area contributed by atoms with Gasteiger partial charge in [0.2, 0.25) is 5.91 Å². The van der Waals surface area contributed by atoms with Crippen LogP contribution >= 0.6 is 27.5 Å². The second-order valence-electron chi connectivity index (χ2n) is 6.09. The lowest BCUT2D eigenvalue weighted by molar-refractivity contribution is -0.117. The van der Waals surface area contributed by atoms with E-state index in [0.29, 0.717) is 29.5 Å². The number of aromatic nitrogens is 3. The number of halogens is 2. The average molecular weight is 465 g/mol. The Kier molecular flexibility index (Phi) is 7.02. The van der Waals surface area contributed by atoms with E-state index in [0.717, 1.165) is 10.2 Å². The summed E-state index contributed by atoms with van der Waals surface area (Å²) < 4.78 is 8.26. The number of anilines is 1. The first-order chi connectivity index (χ1) is 13.5. The Bertz CT molecular complexity index is 919. The normalized spacial score (nSPS) is 10.9. The van der Waals surface area contributed by atoms with Gasteiger partial charge in [-0.15, -0.1) is 0 Å². The van der Waals surface area contributed by atoms with E-state index in [2.05, 4.69) is 31.3 Å². The van der Waals surface area contributed by atoms with Crippen molar-refractivity contribution in [3.8, 4) is 11.4 Å². The van der Waals surface area contributed by atoms with Gasteiger partial charge in [0.05, 0.1) is 17.9 Å². The van der Waals surface area contributed by atoms with Crippen LogP contribution in [0.25, 0.3) is 5.69 Å². The van der Waals surface area contributed by atoms with Crippen LogP contribution in [0.2, 0.25) is 5.02 Å². The lowest BCUT2D eigenvalue weighted by atomic mass is 10.2. The maximum atomic E-state index is 12.4. The van der Waals surface area contributed by atoms with Crippen molar-refractivity contribution in [1.82, 2.24) is 19.7 Å². The average Bonchev–Trinajstić information content (AvgIpc) is 3.18. The van der Waals surface area contributed by atoms with E-state index in [1.54, 1.807) is 29.2 Å². The number of likely N-dealkylation sites (N-methyl/N-ethyl adjacent to an activating group) is 1. The van der Waals surface area contributed by atoms with E-state index < -0.39 is 0 Å². The molecule has 0 fully saturated rings. The van der Waals surface area contributed by atoms with Crippen LogP contribution < -0.4 is 10.1 Å². The number of benzene rings is 2. The van der Waals surface area contributed by atoms with Gasteiger partial charge in [-0.05, 0) is 49.5 Å². The van der Waals surface area contributed by atoms with E-state index in [1.807, 2.05) is 36.2 Å². The van der Waals surface area contributed by atoms with Crippen molar-refractivity contribution in [3.05, 3.63) is 64.6 Å². The quantitative estimate of drug-likeness (QED) is 0.551. The van der Waals surface area contributed by atoms with Crippen LogP contribution in [-0.4, -0.2) is 52.3 Å². The summed E-state index contributed by atoms with van der Waals surface area (Å²) in [6, 6.07) is 12.8. The number of hydrogen-bond acceptors (Lipinski definition) is 5. The number of carbonyl (C=O) groups excluding carboxylic acids is 1. The zero-order valence-electron chi connectivity index (χ0n) is 15.2. The molecule has 0 radical (unpaired) electrons. The van der Waals surface area contributed by atoms with Gasteiger partial charge in [-0.3, -0.25) is 9.69 Å². The van der Waals surface area contributed by atoms with Gasteiger partial charge in [-0.1, -0.05) is 27.5 Å². The molecule has 0 atom stereocenters. The Hall–Kier alpha value is -2.42. The molecule has 1 N–H and O–H groups in total. The van der Waals surface area contributed by atoms with Crippen LogP contribution in [0.1, 0.15) is 0 Å². The molecular formula is C19H19BrClN5O2. The van der Waals surface area contributed by atoms with Crippen LogP contribution in [0.5, 0.6) is 5.75 Å². The van der Waals surface area contributed by atoms with Crippen molar-refractivity contribution in [2.75, 3.05) is 32.1 Å². The highest BCUT2D eigenvalue weighted by molar-refractivity contribution is 9.10. The molecule has 0 bridgehead atoms.